The summed E-state index contributed by atoms with van der Waals surface area (Å²) < 4.78 is 2.11. The van der Waals surface area contributed by atoms with E-state index >= 15 is 0 Å². The van der Waals surface area contributed by atoms with Gasteiger partial charge in [-0.1, -0.05) is 0 Å². The van der Waals surface area contributed by atoms with Crippen LogP contribution in [0.15, 0.2) is 4.99 Å². The van der Waals surface area contributed by atoms with Crippen LogP contribution in [0.2, 0.25) is 0 Å². The summed E-state index contributed by atoms with van der Waals surface area (Å²) in [6, 6.07) is 0. The molecule has 0 N–H and O–H groups in total. The van der Waals surface area contributed by atoms with Crippen LogP contribution in [0, 0.1) is 6.92 Å². The van der Waals surface area contributed by atoms with E-state index in [0.29, 0.717) is 5.82 Å². The molecule has 0 unspecified atom stereocenters. The first kappa shape index (κ1) is 7.25. The third kappa shape index (κ3) is 0.889. The molecule has 0 atom stereocenters. The van der Waals surface area contributed by atoms with Crippen LogP contribution in [-0.4, -0.2) is 15.6 Å². The number of aliphatic imine (C=N–C) groups is 1. The van der Waals surface area contributed by atoms with Gasteiger partial charge in [-0.05, 0) is 13.3 Å². The fraction of sp³-hybridized carbons (Fsp3) is 0.500. The molecule has 0 saturated carbocycles. The number of hydrogen-bond acceptors (Lipinski definition) is 3. The highest BCUT2D eigenvalue weighted by atomic mass is 16.1. The van der Waals surface area contributed by atoms with Crippen LogP contribution in [0.4, 0.5) is 5.82 Å². The van der Waals surface area contributed by atoms with Crippen LogP contribution in [0.5, 0.6) is 0 Å². The Morgan fingerprint density at radius 2 is 2.50 bits per heavy atom. The van der Waals surface area contributed by atoms with Crippen LogP contribution < -0.4 is 0 Å². The average Bonchev–Trinajstić information content (AvgIpc) is 2.58. The van der Waals surface area contributed by atoms with Gasteiger partial charge in [0.25, 0.3) is 0 Å². The second kappa shape index (κ2) is 2.57. The van der Waals surface area contributed by atoms with Crippen molar-refractivity contribution in [2.24, 2.45) is 4.99 Å². The van der Waals surface area contributed by atoms with Crippen molar-refractivity contribution in [3.05, 3.63) is 11.5 Å². The van der Waals surface area contributed by atoms with E-state index in [1.54, 1.807) is 0 Å². The maximum absolute atomic E-state index is 10.0. The van der Waals surface area contributed by atoms with E-state index in [1.807, 2.05) is 6.92 Å². The van der Waals surface area contributed by atoms with E-state index in [0.717, 1.165) is 30.9 Å². The Kier molecular flexibility index (Phi) is 1.55. The molecule has 0 saturated heterocycles. The fourth-order valence-electron chi connectivity index (χ4n) is 1.61. The zero-order valence-electron chi connectivity index (χ0n) is 6.87. The van der Waals surface area contributed by atoms with Crippen molar-refractivity contribution in [2.75, 3.05) is 0 Å². The second-order valence-corrected chi connectivity index (χ2v) is 2.90. The maximum Gasteiger partial charge on any atom is 0.242 e. The molecule has 1 aromatic rings. The SMILES string of the molecule is Cc1c(N=C=O)nc2n1CCC2. The molecule has 2 rings (SSSR count). The molecule has 4 heteroatoms. The summed E-state index contributed by atoms with van der Waals surface area (Å²) in [4.78, 5) is 17.8. The molecule has 0 spiro atoms. The number of fused-ring (bicyclic) bond motifs is 1. The third-order valence-corrected chi connectivity index (χ3v) is 2.21. The molecule has 1 aliphatic rings. The molecule has 4 nitrogen and oxygen atoms in total. The Bertz CT molecular complexity index is 361. The number of rotatable bonds is 1. The number of nitrogens with zero attached hydrogens (tertiary/aromatic N) is 3. The van der Waals surface area contributed by atoms with E-state index < -0.39 is 0 Å². The summed E-state index contributed by atoms with van der Waals surface area (Å²) in [6.07, 6.45) is 3.66. The lowest BCUT2D eigenvalue weighted by atomic mass is 10.3. The monoisotopic (exact) mass is 163 g/mol. The lowest BCUT2D eigenvalue weighted by Gasteiger charge is -1.96. The maximum atomic E-state index is 10.0. The van der Waals surface area contributed by atoms with Gasteiger partial charge >= 0.3 is 0 Å². The average molecular weight is 163 g/mol. The van der Waals surface area contributed by atoms with Crippen LogP contribution in [-0.2, 0) is 17.8 Å². The first-order valence-electron chi connectivity index (χ1n) is 3.97. The highest BCUT2D eigenvalue weighted by Gasteiger charge is 2.17. The van der Waals surface area contributed by atoms with E-state index in [-0.39, 0.29) is 0 Å². The molecule has 0 aliphatic carbocycles. The van der Waals surface area contributed by atoms with Gasteiger partial charge in [-0.3, -0.25) is 0 Å². The van der Waals surface area contributed by atoms with E-state index in [2.05, 4.69) is 14.5 Å². The molecule has 62 valence electrons. The lowest BCUT2D eigenvalue weighted by molar-refractivity contribution is 0.565. The lowest BCUT2D eigenvalue weighted by Crippen LogP contribution is -1.93. The third-order valence-electron chi connectivity index (χ3n) is 2.21. The van der Waals surface area contributed by atoms with Gasteiger partial charge in [0.1, 0.15) is 5.82 Å². The molecular weight excluding hydrogens is 154 g/mol. The molecule has 12 heavy (non-hydrogen) atoms. The van der Waals surface area contributed by atoms with Gasteiger partial charge in [0.05, 0.1) is 5.69 Å². The zero-order chi connectivity index (χ0) is 8.55. The van der Waals surface area contributed by atoms with Crippen molar-refractivity contribution in [1.29, 1.82) is 0 Å². The van der Waals surface area contributed by atoms with Crippen LogP contribution in [0.1, 0.15) is 17.9 Å². The van der Waals surface area contributed by atoms with E-state index in [9.17, 15) is 4.79 Å². The van der Waals surface area contributed by atoms with Gasteiger partial charge < -0.3 is 4.57 Å². The number of imidazole rings is 1. The number of isocyanates is 1. The first-order chi connectivity index (χ1) is 5.83. The molecule has 1 aromatic heterocycles. The second-order valence-electron chi connectivity index (χ2n) is 2.90. The molecule has 0 fully saturated rings. The minimum Gasteiger partial charge on any atom is -0.330 e. The highest BCUT2D eigenvalue weighted by Crippen LogP contribution is 2.23. The minimum atomic E-state index is 0.528. The van der Waals surface area contributed by atoms with Crippen molar-refractivity contribution in [2.45, 2.75) is 26.3 Å². The van der Waals surface area contributed by atoms with Gasteiger partial charge in [-0.25, -0.2) is 9.78 Å². The summed E-state index contributed by atoms with van der Waals surface area (Å²) in [7, 11) is 0. The Balaban J connectivity index is 2.54. The van der Waals surface area contributed by atoms with Gasteiger partial charge in [0.2, 0.25) is 6.08 Å². The normalized spacial score (nSPS) is 14.1. The molecule has 0 aromatic carbocycles. The number of hydrogen-bond donors (Lipinski definition) is 0. The van der Waals surface area contributed by atoms with Crippen molar-refractivity contribution in [3.63, 3.8) is 0 Å². The molecule has 0 bridgehead atoms. The minimum absolute atomic E-state index is 0.528. The first-order valence-corrected chi connectivity index (χ1v) is 3.97. The smallest absolute Gasteiger partial charge is 0.242 e. The Morgan fingerprint density at radius 1 is 1.67 bits per heavy atom. The number of aromatic nitrogens is 2. The van der Waals surface area contributed by atoms with Crippen molar-refractivity contribution >= 4 is 11.9 Å². The van der Waals surface area contributed by atoms with Crippen LogP contribution in [0.25, 0.3) is 0 Å². The molecule has 1 aliphatic heterocycles. The van der Waals surface area contributed by atoms with Gasteiger partial charge in [0, 0.05) is 13.0 Å². The fourth-order valence-corrected chi connectivity index (χ4v) is 1.61. The Labute approximate surface area is 69.9 Å². The van der Waals surface area contributed by atoms with Crippen molar-refractivity contribution in [3.8, 4) is 0 Å². The van der Waals surface area contributed by atoms with Gasteiger partial charge in [0.15, 0.2) is 5.82 Å². The predicted octanol–water partition coefficient (Wildman–Crippen LogP) is 1.11. The number of carbonyl (C=O) groups excluding carboxylic acids is 1. The zero-order valence-corrected chi connectivity index (χ0v) is 6.87. The molecule has 0 amide bonds. The van der Waals surface area contributed by atoms with Gasteiger partial charge in [-0.2, -0.15) is 0 Å². The van der Waals surface area contributed by atoms with E-state index in [1.165, 1.54) is 6.08 Å². The largest absolute Gasteiger partial charge is 0.330 e. The molecular formula is C8H9N3O. The predicted molar refractivity (Wildman–Crippen MR) is 43.1 cm³/mol. The summed E-state index contributed by atoms with van der Waals surface area (Å²) in [5, 5.41) is 0. The quantitative estimate of drug-likeness (QED) is 0.460. The molecule has 2 heterocycles. The summed E-state index contributed by atoms with van der Waals surface area (Å²) in [5.74, 6) is 1.57. The van der Waals surface area contributed by atoms with Crippen LogP contribution >= 0.6 is 0 Å². The summed E-state index contributed by atoms with van der Waals surface area (Å²) in [6.45, 7) is 2.93. The Hall–Kier alpha value is -1.41. The van der Waals surface area contributed by atoms with Gasteiger partial charge in [-0.15, -0.1) is 4.99 Å². The number of aryl methyl sites for hydroxylation is 1. The molecule has 0 radical (unpaired) electrons. The van der Waals surface area contributed by atoms with E-state index in [4.69, 9.17) is 0 Å². The van der Waals surface area contributed by atoms with Crippen molar-refractivity contribution in [1.82, 2.24) is 9.55 Å². The standard InChI is InChI=1S/C8H9N3O/c1-6-8(9-5-12)10-7-3-2-4-11(6)7/h2-4H2,1H3. The summed E-state index contributed by atoms with van der Waals surface area (Å²) >= 11 is 0. The topological polar surface area (TPSA) is 47.2 Å². The summed E-state index contributed by atoms with van der Waals surface area (Å²) in [5.41, 5.74) is 0.978. The highest BCUT2D eigenvalue weighted by molar-refractivity contribution is 5.47. The van der Waals surface area contributed by atoms with Crippen molar-refractivity contribution < 1.29 is 4.79 Å². The Morgan fingerprint density at radius 3 is 3.17 bits per heavy atom. The van der Waals surface area contributed by atoms with Crippen LogP contribution in [0.3, 0.4) is 0 Å².